The SMILES string of the molecule is Cc1cc2nnc(SCC(=O)N(C)Cc3ccc(Br)cc3)n2c2ccccc12. The Morgan fingerprint density at radius 1 is 1.14 bits per heavy atom. The van der Waals surface area contributed by atoms with Crippen molar-refractivity contribution in [3.05, 3.63) is 70.2 Å². The number of carbonyl (C=O) groups is 1. The zero-order valence-electron chi connectivity index (χ0n) is 15.6. The molecule has 0 spiro atoms. The minimum atomic E-state index is 0.0566. The molecule has 0 radical (unpaired) electrons. The van der Waals surface area contributed by atoms with E-state index >= 15 is 0 Å². The highest BCUT2D eigenvalue weighted by Crippen LogP contribution is 2.26. The molecule has 4 aromatic rings. The highest BCUT2D eigenvalue weighted by molar-refractivity contribution is 9.10. The summed E-state index contributed by atoms with van der Waals surface area (Å²) < 4.78 is 3.05. The standard InChI is InChI=1S/C21H19BrN4OS/c1-14-11-19-23-24-21(26(19)18-6-4-3-5-17(14)18)28-13-20(27)25(2)12-15-7-9-16(22)10-8-15/h3-11H,12-13H2,1-2H3. The van der Waals surface area contributed by atoms with E-state index in [1.165, 1.54) is 11.8 Å². The largest absolute Gasteiger partial charge is 0.341 e. The van der Waals surface area contributed by atoms with Gasteiger partial charge in [-0.05, 0) is 42.3 Å². The number of nitrogens with zero attached hydrogens (tertiary/aromatic N) is 4. The second kappa shape index (κ2) is 7.93. The molecule has 0 fully saturated rings. The van der Waals surface area contributed by atoms with Crippen LogP contribution in [-0.4, -0.2) is 38.2 Å². The molecule has 0 bridgehead atoms. The summed E-state index contributed by atoms with van der Waals surface area (Å²) in [7, 11) is 1.83. The fourth-order valence-electron chi connectivity index (χ4n) is 3.16. The first kappa shape index (κ1) is 19.0. The van der Waals surface area contributed by atoms with Crippen LogP contribution >= 0.6 is 27.7 Å². The lowest BCUT2D eigenvalue weighted by Crippen LogP contribution is -2.27. The molecule has 1 amide bonds. The molecule has 142 valence electrons. The maximum atomic E-state index is 12.6. The van der Waals surface area contributed by atoms with Gasteiger partial charge in [0.25, 0.3) is 0 Å². The van der Waals surface area contributed by atoms with Crippen molar-refractivity contribution in [1.82, 2.24) is 19.5 Å². The van der Waals surface area contributed by atoms with E-state index in [2.05, 4.69) is 45.2 Å². The lowest BCUT2D eigenvalue weighted by atomic mass is 10.1. The number of aromatic nitrogens is 3. The van der Waals surface area contributed by atoms with Gasteiger partial charge in [-0.1, -0.05) is 58.0 Å². The smallest absolute Gasteiger partial charge is 0.233 e. The summed E-state index contributed by atoms with van der Waals surface area (Å²) in [6.07, 6.45) is 0. The van der Waals surface area contributed by atoms with Crippen LogP contribution in [0.1, 0.15) is 11.1 Å². The third-order valence-electron chi connectivity index (χ3n) is 4.66. The minimum Gasteiger partial charge on any atom is -0.341 e. The number of fused-ring (bicyclic) bond motifs is 3. The Bertz CT molecular complexity index is 1160. The van der Waals surface area contributed by atoms with Crippen LogP contribution in [0.4, 0.5) is 0 Å². The lowest BCUT2D eigenvalue weighted by molar-refractivity contribution is -0.127. The van der Waals surface area contributed by atoms with Gasteiger partial charge in [-0.3, -0.25) is 9.20 Å². The lowest BCUT2D eigenvalue weighted by Gasteiger charge is -2.17. The first-order valence-electron chi connectivity index (χ1n) is 8.87. The normalized spacial score (nSPS) is 11.2. The Balaban J connectivity index is 1.51. The average molecular weight is 455 g/mol. The van der Waals surface area contributed by atoms with Gasteiger partial charge in [0.15, 0.2) is 10.8 Å². The quantitative estimate of drug-likeness (QED) is 0.410. The predicted octanol–water partition coefficient (Wildman–Crippen LogP) is 4.70. The van der Waals surface area contributed by atoms with E-state index < -0.39 is 0 Å². The molecule has 0 saturated carbocycles. The van der Waals surface area contributed by atoms with E-state index in [1.807, 2.05) is 53.9 Å². The molecule has 28 heavy (non-hydrogen) atoms. The highest BCUT2D eigenvalue weighted by atomic mass is 79.9. The van der Waals surface area contributed by atoms with Gasteiger partial charge in [-0.2, -0.15) is 0 Å². The van der Waals surface area contributed by atoms with Crippen molar-refractivity contribution in [2.24, 2.45) is 0 Å². The van der Waals surface area contributed by atoms with Crippen molar-refractivity contribution in [2.75, 3.05) is 12.8 Å². The molecule has 2 aromatic carbocycles. The predicted molar refractivity (Wildman–Crippen MR) is 117 cm³/mol. The first-order valence-corrected chi connectivity index (χ1v) is 10.7. The number of rotatable bonds is 5. The molecule has 4 rings (SSSR count). The van der Waals surface area contributed by atoms with Crippen LogP contribution in [0.15, 0.2) is 64.2 Å². The van der Waals surface area contributed by atoms with E-state index in [-0.39, 0.29) is 5.91 Å². The van der Waals surface area contributed by atoms with Crippen molar-refractivity contribution < 1.29 is 4.79 Å². The van der Waals surface area contributed by atoms with E-state index in [0.717, 1.165) is 37.3 Å². The molecular formula is C21H19BrN4OS. The number of para-hydroxylation sites is 1. The number of benzene rings is 2. The molecule has 0 aliphatic rings. The third kappa shape index (κ3) is 3.77. The van der Waals surface area contributed by atoms with Crippen molar-refractivity contribution in [3.63, 3.8) is 0 Å². The number of thioether (sulfide) groups is 1. The van der Waals surface area contributed by atoms with Gasteiger partial charge in [0.1, 0.15) is 0 Å². The number of carbonyl (C=O) groups excluding carboxylic acids is 1. The van der Waals surface area contributed by atoms with Crippen molar-refractivity contribution in [3.8, 4) is 0 Å². The maximum Gasteiger partial charge on any atom is 0.233 e. The number of halogens is 1. The second-order valence-electron chi connectivity index (χ2n) is 6.69. The van der Waals surface area contributed by atoms with Crippen LogP contribution in [-0.2, 0) is 11.3 Å². The van der Waals surface area contributed by atoms with E-state index in [0.29, 0.717) is 12.3 Å². The van der Waals surface area contributed by atoms with Gasteiger partial charge in [0, 0.05) is 23.5 Å². The third-order valence-corrected chi connectivity index (χ3v) is 6.10. The van der Waals surface area contributed by atoms with Crippen LogP contribution in [0.25, 0.3) is 16.6 Å². The van der Waals surface area contributed by atoms with Crippen LogP contribution in [0.5, 0.6) is 0 Å². The number of aryl methyl sites for hydroxylation is 1. The molecule has 2 heterocycles. The zero-order valence-corrected chi connectivity index (χ0v) is 18.0. The van der Waals surface area contributed by atoms with Crippen molar-refractivity contribution in [2.45, 2.75) is 18.6 Å². The number of pyridine rings is 1. The van der Waals surface area contributed by atoms with Crippen molar-refractivity contribution in [1.29, 1.82) is 0 Å². The first-order chi connectivity index (χ1) is 13.5. The maximum absolute atomic E-state index is 12.6. The number of hydrogen-bond donors (Lipinski definition) is 0. The van der Waals surface area contributed by atoms with Gasteiger partial charge in [0.2, 0.25) is 5.91 Å². The van der Waals surface area contributed by atoms with Gasteiger partial charge < -0.3 is 4.90 Å². The summed E-state index contributed by atoms with van der Waals surface area (Å²) in [6, 6.07) is 18.2. The summed E-state index contributed by atoms with van der Waals surface area (Å²) in [5, 5.41) is 10.5. The fraction of sp³-hybridized carbons (Fsp3) is 0.190. The number of hydrogen-bond acceptors (Lipinski definition) is 4. The zero-order chi connectivity index (χ0) is 19.7. The molecule has 0 aliphatic carbocycles. The van der Waals surface area contributed by atoms with Crippen LogP contribution in [0, 0.1) is 6.92 Å². The van der Waals surface area contributed by atoms with Crippen LogP contribution in [0.2, 0.25) is 0 Å². The highest BCUT2D eigenvalue weighted by Gasteiger charge is 2.15. The summed E-state index contributed by atoms with van der Waals surface area (Å²) in [6.45, 7) is 2.65. The van der Waals surface area contributed by atoms with E-state index in [4.69, 9.17) is 0 Å². The second-order valence-corrected chi connectivity index (χ2v) is 8.54. The van der Waals surface area contributed by atoms with Crippen LogP contribution in [0.3, 0.4) is 0 Å². The Morgan fingerprint density at radius 2 is 1.89 bits per heavy atom. The fourth-order valence-corrected chi connectivity index (χ4v) is 4.31. The molecule has 0 atom stereocenters. The van der Waals surface area contributed by atoms with Crippen LogP contribution < -0.4 is 0 Å². The summed E-state index contributed by atoms with van der Waals surface area (Å²) >= 11 is 4.85. The topological polar surface area (TPSA) is 50.5 Å². The van der Waals surface area contributed by atoms with E-state index in [1.54, 1.807) is 4.90 Å². The molecule has 7 heteroatoms. The summed E-state index contributed by atoms with van der Waals surface area (Å²) in [5.41, 5.74) is 4.12. The minimum absolute atomic E-state index is 0.0566. The average Bonchev–Trinajstić information content (AvgIpc) is 3.11. The Labute approximate surface area is 175 Å². The molecule has 0 aliphatic heterocycles. The number of amides is 1. The molecule has 0 saturated heterocycles. The monoisotopic (exact) mass is 454 g/mol. The molecule has 0 N–H and O–H groups in total. The summed E-state index contributed by atoms with van der Waals surface area (Å²) in [4.78, 5) is 14.3. The van der Waals surface area contributed by atoms with Gasteiger partial charge in [-0.15, -0.1) is 10.2 Å². The molecule has 2 aromatic heterocycles. The Morgan fingerprint density at radius 3 is 2.68 bits per heavy atom. The molecular weight excluding hydrogens is 436 g/mol. The van der Waals surface area contributed by atoms with Crippen molar-refractivity contribution >= 4 is 50.1 Å². The van der Waals surface area contributed by atoms with E-state index in [9.17, 15) is 4.79 Å². The van der Waals surface area contributed by atoms with Gasteiger partial charge in [-0.25, -0.2) is 0 Å². The summed E-state index contributed by atoms with van der Waals surface area (Å²) in [5.74, 6) is 0.372. The van der Waals surface area contributed by atoms with Gasteiger partial charge >= 0.3 is 0 Å². The molecule has 0 unspecified atom stereocenters. The van der Waals surface area contributed by atoms with Gasteiger partial charge in [0.05, 0.1) is 11.3 Å². The Hall–Kier alpha value is -2.38. The molecule has 5 nitrogen and oxygen atoms in total. The Kier molecular flexibility index (Phi) is 5.37.